The van der Waals surface area contributed by atoms with Gasteiger partial charge in [-0.2, -0.15) is 0 Å². The van der Waals surface area contributed by atoms with Gasteiger partial charge in [-0.25, -0.2) is 0 Å². The molecule has 0 aliphatic heterocycles. The third-order valence-electron chi connectivity index (χ3n) is 2.17. The Hall–Kier alpha value is -0.290. The predicted molar refractivity (Wildman–Crippen MR) is 71.2 cm³/mol. The van der Waals surface area contributed by atoms with Crippen molar-refractivity contribution in [2.45, 2.75) is 19.8 Å². The van der Waals surface area contributed by atoms with E-state index >= 15 is 0 Å². The number of hydrogen-bond donors (Lipinski definition) is 1. The van der Waals surface area contributed by atoms with E-state index in [1.807, 2.05) is 12.1 Å². The second kappa shape index (κ2) is 7.93. The molecule has 84 valence electrons. The highest BCUT2D eigenvalue weighted by atomic mass is 127. The summed E-state index contributed by atoms with van der Waals surface area (Å²) in [5, 5.41) is 2.32. The Morgan fingerprint density at radius 1 is 1.20 bits per heavy atom. The van der Waals surface area contributed by atoms with Crippen LogP contribution in [-0.2, 0) is 0 Å². The largest absolute Gasteiger partial charge is 0.488 e. The Balaban J connectivity index is 2.07. The van der Waals surface area contributed by atoms with E-state index in [-0.39, 0.29) is 0 Å². The maximum absolute atomic E-state index is 5.61. The van der Waals surface area contributed by atoms with Gasteiger partial charge in [-0.15, -0.1) is 0 Å². The van der Waals surface area contributed by atoms with Gasteiger partial charge in [0.2, 0.25) is 0 Å². The van der Waals surface area contributed by atoms with Crippen LogP contribution in [0.1, 0.15) is 19.8 Å². The summed E-state index contributed by atoms with van der Waals surface area (Å²) in [7, 11) is 0. The highest BCUT2D eigenvalue weighted by Gasteiger charge is 1.94. The first-order chi connectivity index (χ1) is 7.33. The van der Waals surface area contributed by atoms with Crippen molar-refractivity contribution in [3.63, 3.8) is 0 Å². The third-order valence-corrected chi connectivity index (χ3v) is 2.89. The molecule has 3 heteroatoms. The van der Waals surface area contributed by atoms with E-state index in [1.165, 1.54) is 23.0 Å². The van der Waals surface area contributed by atoms with Gasteiger partial charge in [0.25, 0.3) is 0 Å². The van der Waals surface area contributed by atoms with Crippen molar-refractivity contribution in [3.8, 4) is 5.75 Å². The molecule has 1 aromatic carbocycles. The molecule has 0 amide bonds. The van der Waals surface area contributed by atoms with Crippen molar-refractivity contribution >= 4 is 22.6 Å². The molecule has 0 unspecified atom stereocenters. The van der Waals surface area contributed by atoms with Crippen LogP contribution in [0.2, 0.25) is 0 Å². The minimum Gasteiger partial charge on any atom is -0.488 e. The Morgan fingerprint density at radius 2 is 1.93 bits per heavy atom. The number of halogens is 1. The fourth-order valence-corrected chi connectivity index (χ4v) is 1.64. The summed E-state index contributed by atoms with van der Waals surface area (Å²) in [4.78, 5) is 0. The third kappa shape index (κ3) is 5.99. The Kier molecular flexibility index (Phi) is 6.76. The molecule has 0 saturated heterocycles. The van der Waals surface area contributed by atoms with Crippen LogP contribution in [0.4, 0.5) is 0 Å². The van der Waals surface area contributed by atoms with Gasteiger partial charge in [0, 0.05) is 3.57 Å². The Bertz CT molecular complexity index is 261. The van der Waals surface area contributed by atoms with E-state index in [2.05, 4.69) is 47.0 Å². The molecule has 1 rings (SSSR count). The summed E-state index contributed by atoms with van der Waals surface area (Å²) in [6.45, 7) is 5.28. The smallest absolute Gasteiger partial charge is 0.137 e. The van der Waals surface area contributed by atoms with Crippen LogP contribution in [0.15, 0.2) is 24.3 Å². The molecule has 0 radical (unpaired) electrons. The van der Waals surface area contributed by atoms with Crippen molar-refractivity contribution in [1.29, 1.82) is 0 Å². The van der Waals surface area contributed by atoms with E-state index in [0.717, 1.165) is 18.9 Å². The van der Waals surface area contributed by atoms with Crippen molar-refractivity contribution in [3.05, 3.63) is 27.8 Å². The maximum Gasteiger partial charge on any atom is 0.137 e. The van der Waals surface area contributed by atoms with Crippen LogP contribution < -0.4 is 10.1 Å². The van der Waals surface area contributed by atoms with Crippen molar-refractivity contribution < 1.29 is 10.1 Å². The lowest BCUT2D eigenvalue weighted by atomic mass is 10.3. The Labute approximate surface area is 106 Å². The lowest BCUT2D eigenvalue weighted by molar-refractivity contribution is -0.655. The quantitative estimate of drug-likeness (QED) is 0.604. The summed E-state index contributed by atoms with van der Waals surface area (Å²) in [5.41, 5.74) is 0. The lowest BCUT2D eigenvalue weighted by Crippen LogP contribution is -2.85. The lowest BCUT2D eigenvalue weighted by Gasteiger charge is -2.05. The average molecular weight is 320 g/mol. The summed E-state index contributed by atoms with van der Waals surface area (Å²) in [5.74, 6) is 0.972. The van der Waals surface area contributed by atoms with Crippen molar-refractivity contribution in [1.82, 2.24) is 0 Å². The van der Waals surface area contributed by atoms with Crippen LogP contribution in [0.25, 0.3) is 0 Å². The fraction of sp³-hybridized carbons (Fsp3) is 0.500. The second-order valence-electron chi connectivity index (χ2n) is 3.52. The molecular formula is C12H19INO+. The van der Waals surface area contributed by atoms with Crippen molar-refractivity contribution in [2.75, 3.05) is 19.7 Å². The summed E-state index contributed by atoms with van der Waals surface area (Å²) < 4.78 is 6.85. The van der Waals surface area contributed by atoms with Crippen LogP contribution >= 0.6 is 22.6 Å². The van der Waals surface area contributed by atoms with Crippen LogP contribution in [0, 0.1) is 3.57 Å². The van der Waals surface area contributed by atoms with Gasteiger partial charge >= 0.3 is 0 Å². The molecule has 0 saturated carbocycles. The minimum atomic E-state index is 0.796. The molecular weight excluding hydrogens is 301 g/mol. The molecule has 0 heterocycles. The van der Waals surface area contributed by atoms with E-state index in [0.29, 0.717) is 0 Å². The summed E-state index contributed by atoms with van der Waals surface area (Å²) >= 11 is 2.29. The molecule has 0 spiro atoms. The molecule has 0 bridgehead atoms. The van der Waals surface area contributed by atoms with E-state index < -0.39 is 0 Å². The van der Waals surface area contributed by atoms with E-state index in [9.17, 15) is 0 Å². The zero-order chi connectivity index (χ0) is 10.9. The molecule has 0 fully saturated rings. The van der Waals surface area contributed by atoms with Crippen LogP contribution in [0.3, 0.4) is 0 Å². The minimum absolute atomic E-state index is 0.796. The topological polar surface area (TPSA) is 25.8 Å². The maximum atomic E-state index is 5.61. The number of unbranched alkanes of at least 4 members (excludes halogenated alkanes) is 1. The Morgan fingerprint density at radius 3 is 2.60 bits per heavy atom. The number of benzene rings is 1. The monoisotopic (exact) mass is 320 g/mol. The number of quaternary nitrogens is 1. The van der Waals surface area contributed by atoms with Crippen molar-refractivity contribution in [2.24, 2.45) is 0 Å². The zero-order valence-corrected chi connectivity index (χ0v) is 11.4. The predicted octanol–water partition coefficient (Wildman–Crippen LogP) is 2.03. The summed E-state index contributed by atoms with van der Waals surface area (Å²) in [6.07, 6.45) is 2.57. The SMILES string of the molecule is CCCC[NH2+]CCOc1ccc(I)cc1. The van der Waals surface area contributed by atoms with Gasteiger partial charge in [-0.3, -0.25) is 0 Å². The van der Waals surface area contributed by atoms with E-state index in [1.54, 1.807) is 0 Å². The van der Waals surface area contributed by atoms with E-state index in [4.69, 9.17) is 4.74 Å². The van der Waals surface area contributed by atoms with Gasteiger partial charge in [0.1, 0.15) is 18.9 Å². The highest BCUT2D eigenvalue weighted by Crippen LogP contribution is 2.12. The number of ether oxygens (including phenoxy) is 1. The normalized spacial score (nSPS) is 10.3. The van der Waals surface area contributed by atoms with Gasteiger partial charge < -0.3 is 10.1 Å². The standard InChI is InChI=1S/C12H18INO/c1-2-3-8-14-9-10-15-12-6-4-11(13)5-7-12/h4-7,14H,2-3,8-10H2,1H3/p+1. The first kappa shape index (κ1) is 12.8. The molecule has 15 heavy (non-hydrogen) atoms. The average Bonchev–Trinajstić information content (AvgIpc) is 2.26. The van der Waals surface area contributed by atoms with Crippen LogP contribution in [-0.4, -0.2) is 19.7 Å². The molecule has 0 aliphatic rings. The molecule has 2 N–H and O–H groups in total. The molecule has 1 aromatic rings. The van der Waals surface area contributed by atoms with Gasteiger partial charge in [0.15, 0.2) is 0 Å². The molecule has 0 aliphatic carbocycles. The van der Waals surface area contributed by atoms with Gasteiger partial charge in [0.05, 0.1) is 6.54 Å². The van der Waals surface area contributed by atoms with Gasteiger partial charge in [-0.1, -0.05) is 13.3 Å². The highest BCUT2D eigenvalue weighted by molar-refractivity contribution is 14.1. The van der Waals surface area contributed by atoms with Gasteiger partial charge in [-0.05, 0) is 53.3 Å². The number of hydrogen-bond acceptors (Lipinski definition) is 1. The molecule has 0 atom stereocenters. The first-order valence-electron chi connectivity index (χ1n) is 5.53. The zero-order valence-electron chi connectivity index (χ0n) is 9.21. The van der Waals surface area contributed by atoms with Crippen LogP contribution in [0.5, 0.6) is 5.75 Å². The fourth-order valence-electron chi connectivity index (χ4n) is 1.28. The second-order valence-corrected chi connectivity index (χ2v) is 4.77. The number of rotatable bonds is 7. The first-order valence-corrected chi connectivity index (χ1v) is 6.61. The summed E-state index contributed by atoms with van der Waals surface area (Å²) in [6, 6.07) is 8.18. The molecule has 0 aromatic heterocycles. The number of nitrogens with two attached hydrogens (primary N) is 1. The molecule has 2 nitrogen and oxygen atoms in total.